The van der Waals surface area contributed by atoms with Gasteiger partial charge < -0.3 is 19.3 Å². The molecule has 0 aliphatic rings. The van der Waals surface area contributed by atoms with Crippen LogP contribution >= 0.6 is 0 Å². The summed E-state index contributed by atoms with van der Waals surface area (Å²) in [6.45, 7) is 27.2. The predicted octanol–water partition coefficient (Wildman–Crippen LogP) is 15.5. The van der Waals surface area contributed by atoms with Crippen LogP contribution in [0.15, 0.2) is 48.6 Å². The molecule has 57 heavy (non-hydrogen) atoms. The van der Waals surface area contributed by atoms with E-state index in [1.54, 1.807) is 0 Å². The first-order valence-corrected chi connectivity index (χ1v) is 29.6. The zero-order valence-electron chi connectivity index (χ0n) is 40.0. The van der Waals surface area contributed by atoms with E-state index >= 15 is 0 Å². The molecule has 0 aliphatic carbocycles. The smallest absolute Gasteiger partial charge is 0.220 e. The Bertz CT molecular complexity index is 1100. The van der Waals surface area contributed by atoms with Crippen LogP contribution in [0.4, 0.5) is 0 Å². The van der Waals surface area contributed by atoms with Crippen molar-refractivity contribution in [2.75, 3.05) is 6.61 Å². The summed E-state index contributed by atoms with van der Waals surface area (Å²) in [5.41, 5.74) is 0. The fourth-order valence-corrected chi connectivity index (χ4v) is 9.13. The number of hydrogen-bond acceptors (Lipinski definition) is 4. The molecule has 0 radical (unpaired) electrons. The van der Waals surface area contributed by atoms with Crippen LogP contribution in [0.25, 0.3) is 0 Å². The van der Waals surface area contributed by atoms with Gasteiger partial charge in [-0.2, -0.15) is 0 Å². The second kappa shape index (κ2) is 32.5. The van der Waals surface area contributed by atoms with Gasteiger partial charge in [0.1, 0.15) is 0 Å². The standard InChI is InChI=1S/C50H97NO4Si2/c1-13-15-17-19-21-23-25-27-28-29-30-31-33-35-37-39-41-43-47(53)51-45(44-52)48(55-57(11,12)50(6,7)8)46(54-56(9,10)49(3,4)5)42-40-38-36-34-32-26-24-22-20-18-16-14-2/h21,23,27-28,30-31,35,37,45-46,48,52H,13-20,22,24-26,29,32-34,36,38-44H2,1-12H3,(H,51,53)/t45-,46+,48-/m0/s1. The molecule has 0 aromatic carbocycles. The van der Waals surface area contributed by atoms with Crippen molar-refractivity contribution in [3.63, 3.8) is 0 Å². The van der Waals surface area contributed by atoms with Gasteiger partial charge in [-0.3, -0.25) is 4.79 Å². The first-order valence-electron chi connectivity index (χ1n) is 23.8. The number of aliphatic hydroxyl groups is 1. The summed E-state index contributed by atoms with van der Waals surface area (Å²) in [4.78, 5) is 13.4. The number of carbonyl (C=O) groups excluding carboxylic acids is 1. The average molecular weight is 833 g/mol. The zero-order chi connectivity index (χ0) is 43.1. The summed E-state index contributed by atoms with van der Waals surface area (Å²) >= 11 is 0. The molecule has 1 amide bonds. The maximum atomic E-state index is 13.4. The molecule has 0 aliphatic heterocycles. The third kappa shape index (κ3) is 28.0. The van der Waals surface area contributed by atoms with E-state index in [1.807, 2.05) is 0 Å². The minimum absolute atomic E-state index is 0.0180. The number of amides is 1. The third-order valence-corrected chi connectivity index (χ3v) is 21.3. The summed E-state index contributed by atoms with van der Waals surface area (Å²) in [5.74, 6) is -0.0230. The minimum atomic E-state index is -2.28. The first kappa shape index (κ1) is 55.7. The van der Waals surface area contributed by atoms with Crippen LogP contribution in [0, 0.1) is 0 Å². The second-order valence-corrected chi connectivity index (χ2v) is 29.3. The Kier molecular flexibility index (Phi) is 31.8. The molecule has 0 bridgehead atoms. The van der Waals surface area contributed by atoms with Gasteiger partial charge in [-0.25, -0.2) is 0 Å². The monoisotopic (exact) mass is 832 g/mol. The Morgan fingerprint density at radius 1 is 0.561 bits per heavy atom. The largest absolute Gasteiger partial charge is 0.411 e. The molecule has 0 rings (SSSR count). The maximum Gasteiger partial charge on any atom is 0.220 e. The highest BCUT2D eigenvalue weighted by atomic mass is 28.4. The Morgan fingerprint density at radius 2 is 0.947 bits per heavy atom. The average Bonchev–Trinajstić information content (AvgIpc) is 3.13. The summed E-state index contributed by atoms with van der Waals surface area (Å²) < 4.78 is 14.4. The van der Waals surface area contributed by atoms with Crippen LogP contribution in [-0.4, -0.2) is 52.5 Å². The van der Waals surface area contributed by atoms with Gasteiger partial charge in [-0.05, 0) is 87.6 Å². The molecule has 0 saturated heterocycles. The topological polar surface area (TPSA) is 67.8 Å². The molecule has 334 valence electrons. The highest BCUT2D eigenvalue weighted by Gasteiger charge is 2.46. The summed E-state index contributed by atoms with van der Waals surface area (Å²) in [5, 5.41) is 14.2. The number of aliphatic hydroxyl groups excluding tert-OH is 1. The van der Waals surface area contributed by atoms with E-state index in [-0.39, 0.29) is 28.7 Å². The highest BCUT2D eigenvalue weighted by Crippen LogP contribution is 2.41. The van der Waals surface area contributed by atoms with E-state index in [1.165, 1.54) is 96.3 Å². The molecular weight excluding hydrogens is 735 g/mol. The van der Waals surface area contributed by atoms with Crippen molar-refractivity contribution >= 4 is 22.5 Å². The van der Waals surface area contributed by atoms with Gasteiger partial charge in [-0.1, -0.05) is 194 Å². The van der Waals surface area contributed by atoms with Crippen molar-refractivity contribution < 1.29 is 18.8 Å². The van der Waals surface area contributed by atoms with Gasteiger partial charge in [0.25, 0.3) is 0 Å². The van der Waals surface area contributed by atoms with Crippen molar-refractivity contribution in [3.8, 4) is 0 Å². The fraction of sp³-hybridized carbons (Fsp3) is 0.820. The summed E-state index contributed by atoms with van der Waals surface area (Å²) in [6, 6.07) is -0.518. The number of nitrogens with one attached hydrogen (secondary N) is 1. The van der Waals surface area contributed by atoms with Crippen LogP contribution in [0.5, 0.6) is 0 Å². The number of unbranched alkanes of at least 4 members (excludes halogenated alkanes) is 15. The third-order valence-electron chi connectivity index (χ3n) is 12.4. The van der Waals surface area contributed by atoms with Gasteiger partial charge in [-0.15, -0.1) is 0 Å². The predicted molar refractivity (Wildman–Crippen MR) is 257 cm³/mol. The van der Waals surface area contributed by atoms with Gasteiger partial charge in [0, 0.05) is 6.42 Å². The van der Waals surface area contributed by atoms with Crippen molar-refractivity contribution in [3.05, 3.63) is 48.6 Å². The minimum Gasteiger partial charge on any atom is -0.411 e. The SMILES string of the molecule is CCCCCC=CCC=CCC=CCC=CCCCC(=O)N[C@@H](CO)[C@H](O[Si](C)(C)C(C)(C)C)[C@@H](CCCCCCCCCCCCCC)O[Si](C)(C)C(C)(C)C. The highest BCUT2D eigenvalue weighted by molar-refractivity contribution is 6.74. The molecule has 0 unspecified atom stereocenters. The molecule has 0 spiro atoms. The normalized spacial score (nSPS) is 15.1. The Balaban J connectivity index is 5.38. The Morgan fingerprint density at radius 3 is 1.39 bits per heavy atom. The zero-order valence-corrected chi connectivity index (χ0v) is 42.0. The lowest BCUT2D eigenvalue weighted by Gasteiger charge is -2.47. The Hall–Kier alpha value is -1.26. The van der Waals surface area contributed by atoms with Crippen LogP contribution < -0.4 is 5.32 Å². The molecule has 5 nitrogen and oxygen atoms in total. The molecule has 0 saturated carbocycles. The van der Waals surface area contributed by atoms with Crippen molar-refractivity contribution in [1.82, 2.24) is 5.32 Å². The molecule has 2 N–H and O–H groups in total. The molecule has 7 heteroatoms. The van der Waals surface area contributed by atoms with Gasteiger partial charge in [0.15, 0.2) is 16.6 Å². The molecule has 0 aromatic rings. The lowest BCUT2D eigenvalue weighted by molar-refractivity contribution is -0.123. The van der Waals surface area contributed by atoms with E-state index < -0.39 is 28.8 Å². The van der Waals surface area contributed by atoms with Crippen LogP contribution in [0.2, 0.25) is 36.3 Å². The van der Waals surface area contributed by atoms with Gasteiger partial charge in [0.05, 0.1) is 24.9 Å². The molecule has 0 aromatic heterocycles. The maximum absolute atomic E-state index is 13.4. The molecule has 0 fully saturated rings. The summed E-state index contributed by atoms with van der Waals surface area (Å²) in [6.07, 6.45) is 43.9. The van der Waals surface area contributed by atoms with E-state index in [0.717, 1.165) is 44.9 Å². The number of allylic oxidation sites excluding steroid dienone is 8. The lowest BCUT2D eigenvalue weighted by Crippen LogP contribution is -2.59. The second-order valence-electron chi connectivity index (χ2n) is 19.8. The van der Waals surface area contributed by atoms with E-state index in [9.17, 15) is 9.90 Å². The number of hydrogen-bond donors (Lipinski definition) is 2. The van der Waals surface area contributed by atoms with Crippen molar-refractivity contribution in [2.45, 2.75) is 258 Å². The van der Waals surface area contributed by atoms with Gasteiger partial charge in [0.2, 0.25) is 5.91 Å². The van der Waals surface area contributed by atoms with Crippen molar-refractivity contribution in [2.24, 2.45) is 0 Å². The van der Waals surface area contributed by atoms with E-state index in [0.29, 0.717) is 6.42 Å². The number of rotatable bonds is 35. The van der Waals surface area contributed by atoms with Gasteiger partial charge >= 0.3 is 0 Å². The van der Waals surface area contributed by atoms with E-state index in [4.69, 9.17) is 8.85 Å². The lowest BCUT2D eigenvalue weighted by atomic mass is 9.99. The van der Waals surface area contributed by atoms with Crippen LogP contribution in [0.3, 0.4) is 0 Å². The summed E-state index contributed by atoms with van der Waals surface area (Å²) in [7, 11) is -4.47. The first-order chi connectivity index (χ1) is 26.9. The van der Waals surface area contributed by atoms with Crippen LogP contribution in [0.1, 0.15) is 203 Å². The fourth-order valence-electron chi connectivity index (χ4n) is 6.42. The Labute approximate surface area is 358 Å². The van der Waals surface area contributed by atoms with Crippen molar-refractivity contribution in [1.29, 1.82) is 0 Å². The molecular formula is C50H97NO4Si2. The quantitative estimate of drug-likeness (QED) is 0.0379. The molecule has 3 atom stereocenters. The number of carbonyl (C=O) groups is 1. The van der Waals surface area contributed by atoms with E-state index in [2.05, 4.69) is 136 Å². The molecule has 0 heterocycles. The van der Waals surface area contributed by atoms with Crippen LogP contribution in [-0.2, 0) is 13.6 Å².